The highest BCUT2D eigenvalue weighted by molar-refractivity contribution is 5.76. The standard InChI is InChI=1S/C18H27NO2/c1-19(16-9-5-3-4-6-10-16)18(20)13-12-15-8-7-11-17(14-15)21-2/h7-8,11,14,16H,3-6,9-10,12-13H2,1-2H3. The van der Waals surface area contributed by atoms with E-state index in [1.807, 2.05) is 30.1 Å². The summed E-state index contributed by atoms with van der Waals surface area (Å²) in [7, 11) is 3.65. The number of hydrogen-bond acceptors (Lipinski definition) is 2. The van der Waals surface area contributed by atoms with Gasteiger partial charge in [0.15, 0.2) is 0 Å². The van der Waals surface area contributed by atoms with Crippen molar-refractivity contribution < 1.29 is 9.53 Å². The highest BCUT2D eigenvalue weighted by Gasteiger charge is 2.20. The van der Waals surface area contributed by atoms with Gasteiger partial charge in [0.05, 0.1) is 7.11 Å². The zero-order valence-electron chi connectivity index (χ0n) is 13.3. The number of carbonyl (C=O) groups is 1. The number of nitrogens with zero attached hydrogens (tertiary/aromatic N) is 1. The van der Waals surface area contributed by atoms with Crippen molar-refractivity contribution in [2.75, 3.05) is 14.2 Å². The number of ether oxygens (including phenoxy) is 1. The van der Waals surface area contributed by atoms with Crippen LogP contribution in [-0.2, 0) is 11.2 Å². The Hall–Kier alpha value is -1.51. The largest absolute Gasteiger partial charge is 0.497 e. The third-order valence-electron chi connectivity index (χ3n) is 4.53. The minimum absolute atomic E-state index is 0.268. The molecule has 0 saturated heterocycles. The third kappa shape index (κ3) is 4.76. The summed E-state index contributed by atoms with van der Waals surface area (Å²) in [6.07, 6.45) is 8.87. The van der Waals surface area contributed by atoms with E-state index in [2.05, 4.69) is 6.07 Å². The molecule has 0 atom stereocenters. The average molecular weight is 289 g/mol. The molecule has 0 aliphatic heterocycles. The van der Waals surface area contributed by atoms with Crippen LogP contribution in [0, 0.1) is 0 Å². The molecule has 0 aromatic heterocycles. The summed E-state index contributed by atoms with van der Waals surface area (Å²) in [4.78, 5) is 14.4. The van der Waals surface area contributed by atoms with Crippen molar-refractivity contribution in [1.82, 2.24) is 4.90 Å². The molecule has 1 aromatic rings. The van der Waals surface area contributed by atoms with E-state index >= 15 is 0 Å². The molecule has 0 unspecified atom stereocenters. The smallest absolute Gasteiger partial charge is 0.222 e. The summed E-state index contributed by atoms with van der Waals surface area (Å²) >= 11 is 0. The molecule has 3 heteroatoms. The first-order chi connectivity index (χ1) is 10.2. The molecule has 3 nitrogen and oxygen atoms in total. The Morgan fingerprint density at radius 1 is 1.24 bits per heavy atom. The monoisotopic (exact) mass is 289 g/mol. The summed E-state index contributed by atoms with van der Waals surface area (Å²) in [6.45, 7) is 0. The van der Waals surface area contributed by atoms with Gasteiger partial charge in [0.25, 0.3) is 0 Å². The van der Waals surface area contributed by atoms with Crippen molar-refractivity contribution in [3.63, 3.8) is 0 Å². The molecule has 0 spiro atoms. The van der Waals surface area contributed by atoms with Crippen molar-refractivity contribution in [1.29, 1.82) is 0 Å². The fourth-order valence-corrected chi connectivity index (χ4v) is 3.10. The predicted octanol–water partition coefficient (Wildman–Crippen LogP) is 3.81. The summed E-state index contributed by atoms with van der Waals surface area (Å²) in [5, 5.41) is 0. The fraction of sp³-hybridized carbons (Fsp3) is 0.611. The van der Waals surface area contributed by atoms with Crippen LogP contribution in [0.2, 0.25) is 0 Å². The number of hydrogen-bond donors (Lipinski definition) is 0. The van der Waals surface area contributed by atoms with Crippen LogP contribution in [0.1, 0.15) is 50.5 Å². The van der Waals surface area contributed by atoms with Gasteiger partial charge < -0.3 is 9.64 Å². The van der Waals surface area contributed by atoms with Crippen LogP contribution in [0.5, 0.6) is 5.75 Å². The summed E-state index contributed by atoms with van der Waals surface area (Å²) in [5.74, 6) is 1.13. The Kier molecular flexibility index (Phi) is 6.09. The fourth-order valence-electron chi connectivity index (χ4n) is 3.10. The molecule has 1 aliphatic rings. The molecular formula is C18H27NO2. The highest BCUT2D eigenvalue weighted by Crippen LogP contribution is 2.22. The average Bonchev–Trinajstić information content (AvgIpc) is 2.81. The van der Waals surface area contributed by atoms with E-state index in [4.69, 9.17) is 4.74 Å². The van der Waals surface area contributed by atoms with E-state index in [1.165, 1.54) is 38.5 Å². The molecule has 1 amide bonds. The van der Waals surface area contributed by atoms with Crippen LogP contribution < -0.4 is 4.74 Å². The lowest BCUT2D eigenvalue weighted by molar-refractivity contribution is -0.132. The minimum Gasteiger partial charge on any atom is -0.497 e. The number of carbonyl (C=O) groups excluding carboxylic acids is 1. The van der Waals surface area contributed by atoms with Crippen LogP contribution in [0.4, 0.5) is 0 Å². The molecule has 0 heterocycles. The molecule has 1 aromatic carbocycles. The molecule has 2 rings (SSSR count). The Bertz CT molecular complexity index is 450. The summed E-state index contributed by atoms with van der Waals surface area (Å²) in [6, 6.07) is 8.43. The van der Waals surface area contributed by atoms with Gasteiger partial charge in [-0.15, -0.1) is 0 Å². The second-order valence-corrected chi connectivity index (χ2v) is 6.00. The maximum atomic E-state index is 12.4. The number of amides is 1. The van der Waals surface area contributed by atoms with Gasteiger partial charge in [0.2, 0.25) is 5.91 Å². The normalized spacial score (nSPS) is 16.3. The van der Waals surface area contributed by atoms with Gasteiger partial charge >= 0.3 is 0 Å². The number of benzene rings is 1. The predicted molar refractivity (Wildman–Crippen MR) is 85.6 cm³/mol. The van der Waals surface area contributed by atoms with Crippen molar-refractivity contribution >= 4 is 5.91 Å². The lowest BCUT2D eigenvalue weighted by atomic mass is 10.1. The van der Waals surface area contributed by atoms with Crippen molar-refractivity contribution in [3.8, 4) is 5.75 Å². The molecule has 0 bridgehead atoms. The van der Waals surface area contributed by atoms with Gasteiger partial charge in [-0.3, -0.25) is 4.79 Å². The lowest BCUT2D eigenvalue weighted by Gasteiger charge is -2.27. The second kappa shape index (κ2) is 8.06. The molecule has 0 radical (unpaired) electrons. The topological polar surface area (TPSA) is 29.5 Å². The van der Waals surface area contributed by atoms with Crippen LogP contribution in [-0.4, -0.2) is 31.0 Å². The van der Waals surface area contributed by atoms with Crippen LogP contribution in [0.3, 0.4) is 0 Å². The first-order valence-electron chi connectivity index (χ1n) is 8.09. The molecular weight excluding hydrogens is 262 g/mol. The molecule has 1 saturated carbocycles. The van der Waals surface area contributed by atoms with Crippen molar-refractivity contribution in [2.45, 2.75) is 57.4 Å². The Morgan fingerprint density at radius 3 is 2.62 bits per heavy atom. The third-order valence-corrected chi connectivity index (χ3v) is 4.53. The van der Waals surface area contributed by atoms with Crippen LogP contribution in [0.15, 0.2) is 24.3 Å². The van der Waals surface area contributed by atoms with Crippen molar-refractivity contribution in [2.24, 2.45) is 0 Å². The van der Waals surface area contributed by atoms with Crippen molar-refractivity contribution in [3.05, 3.63) is 29.8 Å². The molecule has 1 fully saturated rings. The zero-order chi connectivity index (χ0) is 15.1. The van der Waals surface area contributed by atoms with Crippen LogP contribution >= 0.6 is 0 Å². The maximum absolute atomic E-state index is 12.4. The Labute approximate surface area is 128 Å². The van der Waals surface area contributed by atoms with Gasteiger partial charge in [-0.25, -0.2) is 0 Å². The number of methoxy groups -OCH3 is 1. The van der Waals surface area contributed by atoms with Gasteiger partial charge in [-0.2, -0.15) is 0 Å². The highest BCUT2D eigenvalue weighted by atomic mass is 16.5. The van der Waals surface area contributed by atoms with Gasteiger partial charge in [-0.1, -0.05) is 37.8 Å². The van der Waals surface area contributed by atoms with E-state index in [0.29, 0.717) is 12.5 Å². The van der Waals surface area contributed by atoms with E-state index < -0.39 is 0 Å². The molecule has 116 valence electrons. The molecule has 1 aliphatic carbocycles. The van der Waals surface area contributed by atoms with Crippen LogP contribution in [0.25, 0.3) is 0 Å². The quantitative estimate of drug-likeness (QED) is 0.771. The minimum atomic E-state index is 0.268. The molecule has 21 heavy (non-hydrogen) atoms. The van der Waals surface area contributed by atoms with Gasteiger partial charge in [0.1, 0.15) is 5.75 Å². The van der Waals surface area contributed by atoms with Gasteiger partial charge in [0, 0.05) is 19.5 Å². The van der Waals surface area contributed by atoms with E-state index in [9.17, 15) is 4.79 Å². The molecule has 0 N–H and O–H groups in total. The van der Waals surface area contributed by atoms with Gasteiger partial charge in [-0.05, 0) is 37.0 Å². The maximum Gasteiger partial charge on any atom is 0.222 e. The lowest BCUT2D eigenvalue weighted by Crippen LogP contribution is -2.36. The Balaban J connectivity index is 1.85. The zero-order valence-corrected chi connectivity index (χ0v) is 13.3. The summed E-state index contributed by atoms with van der Waals surface area (Å²) < 4.78 is 5.22. The first kappa shape index (κ1) is 15.9. The number of rotatable bonds is 5. The number of aryl methyl sites for hydroxylation is 1. The Morgan fingerprint density at radius 2 is 1.95 bits per heavy atom. The van der Waals surface area contributed by atoms with E-state index in [-0.39, 0.29) is 5.91 Å². The van der Waals surface area contributed by atoms with E-state index in [1.54, 1.807) is 7.11 Å². The second-order valence-electron chi connectivity index (χ2n) is 6.00. The first-order valence-corrected chi connectivity index (χ1v) is 8.09. The SMILES string of the molecule is COc1cccc(CCC(=O)N(C)C2CCCCCC2)c1. The summed E-state index contributed by atoms with van der Waals surface area (Å²) in [5.41, 5.74) is 1.16. The van der Waals surface area contributed by atoms with E-state index in [0.717, 1.165) is 17.7 Å².